The molecule has 28 heavy (non-hydrogen) atoms. The summed E-state index contributed by atoms with van der Waals surface area (Å²) in [5, 5.41) is 11.3. The van der Waals surface area contributed by atoms with Gasteiger partial charge in [0.1, 0.15) is 0 Å². The molecule has 0 atom stereocenters. The summed E-state index contributed by atoms with van der Waals surface area (Å²) in [6.45, 7) is 4.78. The number of nitrogens with one attached hydrogen (secondary N) is 1. The molecule has 3 aromatic rings. The quantitative estimate of drug-likeness (QED) is 0.745. The zero-order chi connectivity index (χ0) is 19.2. The van der Waals surface area contributed by atoms with E-state index < -0.39 is 0 Å². The van der Waals surface area contributed by atoms with Crippen LogP contribution in [0, 0.1) is 0 Å². The molecule has 1 amide bonds. The molecule has 1 fully saturated rings. The maximum absolute atomic E-state index is 12.2. The maximum Gasteiger partial charge on any atom is 0.256 e. The molecule has 2 aromatic carbocycles. The molecule has 0 bridgehead atoms. The lowest BCUT2D eigenvalue weighted by molar-refractivity contribution is 0.102. The average Bonchev–Trinajstić information content (AvgIpc) is 2.76. The van der Waals surface area contributed by atoms with Crippen LogP contribution in [0.3, 0.4) is 0 Å². The van der Waals surface area contributed by atoms with E-state index >= 15 is 0 Å². The number of piperazine rings is 1. The van der Waals surface area contributed by atoms with Crippen LogP contribution in [0.15, 0.2) is 72.8 Å². The predicted molar refractivity (Wildman–Crippen MR) is 110 cm³/mol. The fourth-order valence-corrected chi connectivity index (χ4v) is 3.32. The molecule has 1 saturated heterocycles. The molecular weight excluding hydrogens is 350 g/mol. The van der Waals surface area contributed by atoms with Crippen LogP contribution in [0.1, 0.15) is 15.9 Å². The fourth-order valence-electron chi connectivity index (χ4n) is 3.32. The number of rotatable bonds is 5. The van der Waals surface area contributed by atoms with Crippen LogP contribution in [0.25, 0.3) is 0 Å². The molecule has 0 aliphatic carbocycles. The van der Waals surface area contributed by atoms with Crippen LogP contribution < -0.4 is 10.2 Å². The van der Waals surface area contributed by atoms with Crippen LogP contribution in [0.5, 0.6) is 0 Å². The zero-order valence-electron chi connectivity index (χ0n) is 15.7. The van der Waals surface area contributed by atoms with Gasteiger partial charge in [0.25, 0.3) is 5.91 Å². The lowest BCUT2D eigenvalue weighted by atomic mass is 10.2. The maximum atomic E-state index is 12.2. The number of aromatic nitrogens is 2. The zero-order valence-corrected chi connectivity index (χ0v) is 15.7. The Balaban J connectivity index is 1.30. The molecule has 2 heterocycles. The molecule has 0 unspecified atom stereocenters. The van der Waals surface area contributed by atoms with Gasteiger partial charge in [-0.15, -0.1) is 10.2 Å². The Kier molecular flexibility index (Phi) is 5.58. The third kappa shape index (κ3) is 4.53. The van der Waals surface area contributed by atoms with E-state index in [1.165, 1.54) is 5.56 Å². The minimum atomic E-state index is -0.183. The number of anilines is 2. The minimum Gasteiger partial charge on any atom is -0.353 e. The Bertz CT molecular complexity index is 891. The highest BCUT2D eigenvalue weighted by Crippen LogP contribution is 2.16. The lowest BCUT2D eigenvalue weighted by Crippen LogP contribution is -2.46. The molecule has 1 N–H and O–H groups in total. The Morgan fingerprint density at radius 1 is 0.821 bits per heavy atom. The monoisotopic (exact) mass is 373 g/mol. The van der Waals surface area contributed by atoms with Gasteiger partial charge in [0.2, 0.25) is 0 Å². The molecule has 1 aliphatic heterocycles. The van der Waals surface area contributed by atoms with Gasteiger partial charge in [-0.3, -0.25) is 9.69 Å². The molecule has 1 aliphatic rings. The number of amides is 1. The standard InChI is InChI=1S/C22H23N5O/c28-22(19-9-5-2-6-10-19)23-20-11-12-21(25-24-20)27-15-13-26(14-16-27)17-18-7-3-1-4-8-18/h1-12H,13-17H2,(H,23,24,28). The second kappa shape index (κ2) is 8.63. The third-order valence-corrected chi connectivity index (χ3v) is 4.87. The first-order valence-corrected chi connectivity index (χ1v) is 9.49. The van der Waals surface area contributed by atoms with Gasteiger partial charge >= 0.3 is 0 Å². The Morgan fingerprint density at radius 2 is 1.50 bits per heavy atom. The van der Waals surface area contributed by atoms with E-state index in [1.54, 1.807) is 18.2 Å². The molecule has 0 spiro atoms. The molecule has 0 saturated carbocycles. The molecule has 1 aromatic heterocycles. The van der Waals surface area contributed by atoms with Gasteiger partial charge in [-0.05, 0) is 29.8 Å². The summed E-state index contributed by atoms with van der Waals surface area (Å²) < 4.78 is 0. The van der Waals surface area contributed by atoms with Gasteiger partial charge in [-0.2, -0.15) is 0 Å². The number of nitrogens with zero attached hydrogens (tertiary/aromatic N) is 4. The van der Waals surface area contributed by atoms with Gasteiger partial charge in [0, 0.05) is 38.3 Å². The number of hydrogen-bond donors (Lipinski definition) is 1. The largest absolute Gasteiger partial charge is 0.353 e. The summed E-state index contributed by atoms with van der Waals surface area (Å²) in [6.07, 6.45) is 0. The van der Waals surface area contributed by atoms with Gasteiger partial charge in [-0.1, -0.05) is 48.5 Å². The molecule has 6 nitrogen and oxygen atoms in total. The smallest absolute Gasteiger partial charge is 0.256 e. The van der Waals surface area contributed by atoms with Gasteiger partial charge in [0.05, 0.1) is 0 Å². The van der Waals surface area contributed by atoms with Crippen molar-refractivity contribution in [2.24, 2.45) is 0 Å². The van der Waals surface area contributed by atoms with Crippen molar-refractivity contribution in [2.45, 2.75) is 6.54 Å². The van der Waals surface area contributed by atoms with Gasteiger partial charge in [-0.25, -0.2) is 0 Å². The van der Waals surface area contributed by atoms with Crippen molar-refractivity contribution in [3.63, 3.8) is 0 Å². The van der Waals surface area contributed by atoms with E-state index in [1.807, 2.05) is 30.3 Å². The second-order valence-corrected chi connectivity index (χ2v) is 6.85. The van der Waals surface area contributed by atoms with Gasteiger partial charge in [0.15, 0.2) is 11.6 Å². The topological polar surface area (TPSA) is 61.4 Å². The Hall–Kier alpha value is -3.25. The predicted octanol–water partition coefficient (Wildman–Crippen LogP) is 3.05. The van der Waals surface area contributed by atoms with E-state index in [9.17, 15) is 4.79 Å². The highest BCUT2D eigenvalue weighted by atomic mass is 16.1. The number of benzene rings is 2. The van der Waals surface area contributed by atoms with Gasteiger partial charge < -0.3 is 10.2 Å². The molecular formula is C22H23N5O. The van der Waals surface area contributed by atoms with Crippen molar-refractivity contribution in [1.29, 1.82) is 0 Å². The van der Waals surface area contributed by atoms with E-state index in [0.29, 0.717) is 11.4 Å². The molecule has 6 heteroatoms. The van der Waals surface area contributed by atoms with Crippen LogP contribution in [-0.4, -0.2) is 47.2 Å². The SMILES string of the molecule is O=C(Nc1ccc(N2CCN(Cc3ccccc3)CC2)nn1)c1ccccc1. The van der Waals surface area contributed by atoms with Crippen molar-refractivity contribution in [1.82, 2.24) is 15.1 Å². The second-order valence-electron chi connectivity index (χ2n) is 6.85. The fraction of sp³-hybridized carbons (Fsp3) is 0.227. The summed E-state index contributed by atoms with van der Waals surface area (Å²) >= 11 is 0. The van der Waals surface area contributed by atoms with Crippen molar-refractivity contribution < 1.29 is 4.79 Å². The summed E-state index contributed by atoms with van der Waals surface area (Å²) in [4.78, 5) is 16.9. The Morgan fingerprint density at radius 3 is 2.14 bits per heavy atom. The van der Waals surface area contributed by atoms with Crippen LogP contribution in [0.4, 0.5) is 11.6 Å². The summed E-state index contributed by atoms with van der Waals surface area (Å²) in [6, 6.07) is 23.4. The van der Waals surface area contributed by atoms with Crippen LogP contribution in [-0.2, 0) is 6.54 Å². The average molecular weight is 373 g/mol. The summed E-state index contributed by atoms with van der Waals surface area (Å²) in [5.74, 6) is 1.12. The van der Waals surface area contributed by atoms with Crippen molar-refractivity contribution in [3.8, 4) is 0 Å². The first kappa shape index (κ1) is 18.1. The molecule has 142 valence electrons. The van der Waals surface area contributed by atoms with Crippen molar-refractivity contribution >= 4 is 17.5 Å². The van der Waals surface area contributed by atoms with E-state index in [2.05, 4.69) is 49.6 Å². The van der Waals surface area contributed by atoms with E-state index in [0.717, 1.165) is 38.5 Å². The molecule has 4 rings (SSSR count). The minimum absolute atomic E-state index is 0.183. The first-order chi connectivity index (χ1) is 13.8. The Labute approximate surface area is 164 Å². The van der Waals surface area contributed by atoms with E-state index in [4.69, 9.17) is 0 Å². The van der Waals surface area contributed by atoms with Crippen molar-refractivity contribution in [2.75, 3.05) is 36.4 Å². The highest BCUT2D eigenvalue weighted by Gasteiger charge is 2.18. The highest BCUT2D eigenvalue weighted by molar-refractivity contribution is 6.03. The number of carbonyl (C=O) groups is 1. The normalized spacial score (nSPS) is 14.6. The van der Waals surface area contributed by atoms with Crippen LogP contribution >= 0.6 is 0 Å². The third-order valence-electron chi connectivity index (χ3n) is 4.87. The van der Waals surface area contributed by atoms with Crippen molar-refractivity contribution in [3.05, 3.63) is 83.9 Å². The number of carbonyl (C=O) groups excluding carboxylic acids is 1. The lowest BCUT2D eigenvalue weighted by Gasteiger charge is -2.35. The summed E-state index contributed by atoms with van der Waals surface area (Å²) in [5.41, 5.74) is 1.94. The summed E-state index contributed by atoms with van der Waals surface area (Å²) in [7, 11) is 0. The first-order valence-electron chi connectivity index (χ1n) is 9.49. The molecule has 0 radical (unpaired) electrons. The van der Waals surface area contributed by atoms with E-state index in [-0.39, 0.29) is 5.91 Å². The number of hydrogen-bond acceptors (Lipinski definition) is 5. The van der Waals surface area contributed by atoms with Crippen LogP contribution in [0.2, 0.25) is 0 Å².